The molecule has 0 saturated carbocycles. The molecule has 1 fully saturated rings. The maximum atomic E-state index is 6.10. The van der Waals surface area contributed by atoms with Crippen LogP contribution in [0.15, 0.2) is 30.3 Å². The van der Waals surface area contributed by atoms with Crippen molar-refractivity contribution >= 4 is 11.6 Å². The maximum absolute atomic E-state index is 6.10. The third-order valence-electron chi connectivity index (χ3n) is 2.99. The molecule has 0 bridgehead atoms. The predicted molar refractivity (Wildman–Crippen MR) is 60.7 cm³/mol. The molecule has 0 N–H and O–H groups in total. The fourth-order valence-electron chi connectivity index (χ4n) is 2.04. The van der Waals surface area contributed by atoms with E-state index in [1.54, 1.807) is 0 Å². The largest absolute Gasteiger partial charge is 0.295 e. The molecule has 0 aliphatic carbocycles. The first-order valence-electron chi connectivity index (χ1n) is 5.20. The molecule has 1 aromatic carbocycles. The molecule has 1 aliphatic heterocycles. The van der Waals surface area contributed by atoms with Gasteiger partial charge in [-0.3, -0.25) is 4.90 Å². The summed E-state index contributed by atoms with van der Waals surface area (Å²) < 4.78 is 0. The fraction of sp³-hybridized carbons (Fsp3) is 0.500. The number of halogens is 1. The number of likely N-dealkylation sites (tertiary alicyclic amines) is 1. The van der Waals surface area contributed by atoms with E-state index >= 15 is 0 Å². The second-order valence-electron chi connectivity index (χ2n) is 3.97. The monoisotopic (exact) mass is 209 g/mol. The van der Waals surface area contributed by atoms with Crippen LogP contribution in [-0.2, 0) is 0 Å². The first kappa shape index (κ1) is 10.0. The van der Waals surface area contributed by atoms with Crippen LogP contribution in [0, 0.1) is 0 Å². The number of alkyl halides is 1. The van der Waals surface area contributed by atoms with Crippen molar-refractivity contribution in [2.24, 2.45) is 0 Å². The van der Waals surface area contributed by atoms with Crippen molar-refractivity contribution in [2.75, 3.05) is 13.1 Å². The molecule has 1 aromatic rings. The molecule has 0 spiro atoms. The summed E-state index contributed by atoms with van der Waals surface area (Å²) in [5.41, 5.74) is 1.39. The topological polar surface area (TPSA) is 3.24 Å². The van der Waals surface area contributed by atoms with E-state index in [0.717, 1.165) is 19.5 Å². The summed E-state index contributed by atoms with van der Waals surface area (Å²) in [5, 5.41) is 0.348. The molecule has 14 heavy (non-hydrogen) atoms. The summed E-state index contributed by atoms with van der Waals surface area (Å²) in [4.78, 5) is 2.45. The van der Waals surface area contributed by atoms with E-state index in [0.29, 0.717) is 11.4 Å². The van der Waals surface area contributed by atoms with Crippen LogP contribution in [0.2, 0.25) is 0 Å². The first-order valence-corrected chi connectivity index (χ1v) is 5.64. The van der Waals surface area contributed by atoms with Gasteiger partial charge in [-0.1, -0.05) is 30.3 Å². The van der Waals surface area contributed by atoms with Crippen LogP contribution < -0.4 is 0 Å². The lowest BCUT2D eigenvalue weighted by Crippen LogP contribution is -2.24. The minimum absolute atomic E-state index is 0.348. The Hall–Kier alpha value is -0.530. The van der Waals surface area contributed by atoms with Crippen LogP contribution in [0.25, 0.3) is 0 Å². The fourth-order valence-corrected chi connectivity index (χ4v) is 2.31. The summed E-state index contributed by atoms with van der Waals surface area (Å²) >= 11 is 6.10. The predicted octanol–water partition coefficient (Wildman–Crippen LogP) is 3.06. The van der Waals surface area contributed by atoms with E-state index in [2.05, 4.69) is 42.2 Å². The third kappa shape index (κ3) is 2.10. The number of hydrogen-bond donors (Lipinski definition) is 0. The van der Waals surface area contributed by atoms with Gasteiger partial charge in [0.2, 0.25) is 0 Å². The average molecular weight is 210 g/mol. The van der Waals surface area contributed by atoms with Crippen LogP contribution in [0.3, 0.4) is 0 Å². The van der Waals surface area contributed by atoms with Gasteiger partial charge in [0, 0.05) is 24.5 Å². The first-order chi connectivity index (χ1) is 6.77. The molecule has 0 unspecified atom stereocenters. The quantitative estimate of drug-likeness (QED) is 0.677. The van der Waals surface area contributed by atoms with E-state index in [-0.39, 0.29) is 0 Å². The molecule has 2 atom stereocenters. The zero-order valence-electron chi connectivity index (χ0n) is 8.49. The van der Waals surface area contributed by atoms with Crippen molar-refractivity contribution in [1.29, 1.82) is 0 Å². The molecule has 1 nitrogen and oxygen atoms in total. The van der Waals surface area contributed by atoms with Gasteiger partial charge in [-0.15, -0.1) is 11.6 Å². The second kappa shape index (κ2) is 4.33. The number of nitrogens with zero attached hydrogens (tertiary/aromatic N) is 1. The van der Waals surface area contributed by atoms with Crippen molar-refractivity contribution in [3.63, 3.8) is 0 Å². The van der Waals surface area contributed by atoms with Crippen molar-refractivity contribution in [3.05, 3.63) is 35.9 Å². The molecular formula is C12H16ClN. The minimum atomic E-state index is 0.348. The molecule has 1 heterocycles. The molecule has 76 valence electrons. The van der Waals surface area contributed by atoms with Gasteiger partial charge in [-0.05, 0) is 18.9 Å². The van der Waals surface area contributed by atoms with Crippen LogP contribution in [0.4, 0.5) is 0 Å². The van der Waals surface area contributed by atoms with Gasteiger partial charge in [0.1, 0.15) is 0 Å². The second-order valence-corrected chi connectivity index (χ2v) is 4.58. The Morgan fingerprint density at radius 1 is 1.36 bits per heavy atom. The van der Waals surface area contributed by atoms with Gasteiger partial charge in [-0.25, -0.2) is 0 Å². The Labute approximate surface area is 90.7 Å². The van der Waals surface area contributed by atoms with Gasteiger partial charge in [-0.2, -0.15) is 0 Å². The lowest BCUT2D eigenvalue weighted by Gasteiger charge is -2.24. The van der Waals surface area contributed by atoms with Gasteiger partial charge in [0.05, 0.1) is 0 Å². The molecule has 1 saturated heterocycles. The molecule has 0 amide bonds. The number of hydrogen-bond acceptors (Lipinski definition) is 1. The van der Waals surface area contributed by atoms with Crippen LogP contribution in [-0.4, -0.2) is 23.4 Å². The zero-order valence-corrected chi connectivity index (χ0v) is 9.24. The number of benzene rings is 1. The normalized spacial score (nSPS) is 25.1. The Morgan fingerprint density at radius 3 is 2.64 bits per heavy atom. The smallest absolute Gasteiger partial charge is 0.0475 e. The highest BCUT2D eigenvalue weighted by Crippen LogP contribution is 2.26. The Morgan fingerprint density at radius 2 is 2.07 bits per heavy atom. The molecule has 2 rings (SSSR count). The van der Waals surface area contributed by atoms with Crippen LogP contribution >= 0.6 is 11.6 Å². The summed E-state index contributed by atoms with van der Waals surface area (Å²) in [6.45, 7) is 4.41. The van der Waals surface area contributed by atoms with E-state index in [1.165, 1.54) is 5.56 Å². The summed E-state index contributed by atoms with van der Waals surface area (Å²) in [7, 11) is 0. The van der Waals surface area contributed by atoms with Crippen LogP contribution in [0.5, 0.6) is 0 Å². The van der Waals surface area contributed by atoms with Crippen LogP contribution in [0.1, 0.15) is 24.9 Å². The Bertz CT molecular complexity index is 286. The SMILES string of the molecule is C[C@@H](c1ccccc1)N1CC[C@@H](Cl)C1. The molecule has 0 radical (unpaired) electrons. The molecule has 0 aromatic heterocycles. The maximum Gasteiger partial charge on any atom is 0.0475 e. The minimum Gasteiger partial charge on any atom is -0.295 e. The standard InChI is InChI=1S/C12H16ClN/c1-10(11-5-3-2-4-6-11)14-8-7-12(13)9-14/h2-6,10,12H,7-9H2,1H3/t10-,12+/m0/s1. The third-order valence-corrected chi connectivity index (χ3v) is 3.35. The van der Waals surface area contributed by atoms with E-state index in [9.17, 15) is 0 Å². The highest BCUT2D eigenvalue weighted by atomic mass is 35.5. The molecular weight excluding hydrogens is 194 g/mol. The lowest BCUT2D eigenvalue weighted by atomic mass is 10.1. The summed E-state index contributed by atoms with van der Waals surface area (Å²) in [6, 6.07) is 11.1. The van der Waals surface area contributed by atoms with E-state index in [4.69, 9.17) is 11.6 Å². The van der Waals surface area contributed by atoms with Crippen molar-refractivity contribution < 1.29 is 0 Å². The van der Waals surface area contributed by atoms with Crippen molar-refractivity contribution in [3.8, 4) is 0 Å². The van der Waals surface area contributed by atoms with Crippen molar-refractivity contribution in [2.45, 2.75) is 24.8 Å². The molecule has 1 aliphatic rings. The van der Waals surface area contributed by atoms with Gasteiger partial charge < -0.3 is 0 Å². The molecule has 2 heteroatoms. The van der Waals surface area contributed by atoms with E-state index < -0.39 is 0 Å². The lowest BCUT2D eigenvalue weighted by molar-refractivity contribution is 0.263. The van der Waals surface area contributed by atoms with Gasteiger partial charge in [0.25, 0.3) is 0 Å². The van der Waals surface area contributed by atoms with Gasteiger partial charge in [0.15, 0.2) is 0 Å². The van der Waals surface area contributed by atoms with Gasteiger partial charge >= 0.3 is 0 Å². The average Bonchev–Trinajstić information content (AvgIpc) is 2.65. The summed E-state index contributed by atoms with van der Waals surface area (Å²) in [5.74, 6) is 0. The zero-order chi connectivity index (χ0) is 9.97. The number of rotatable bonds is 2. The van der Waals surface area contributed by atoms with Crippen molar-refractivity contribution in [1.82, 2.24) is 4.90 Å². The highest BCUT2D eigenvalue weighted by molar-refractivity contribution is 6.20. The highest BCUT2D eigenvalue weighted by Gasteiger charge is 2.24. The summed E-state index contributed by atoms with van der Waals surface area (Å²) in [6.07, 6.45) is 1.12. The Kier molecular flexibility index (Phi) is 3.09. The van der Waals surface area contributed by atoms with E-state index in [1.807, 2.05) is 0 Å². The Balaban J connectivity index is 2.05.